The van der Waals surface area contributed by atoms with Crippen molar-refractivity contribution in [3.8, 4) is 5.75 Å². The van der Waals surface area contributed by atoms with Gasteiger partial charge in [-0.1, -0.05) is 43.7 Å². The number of ether oxygens (including phenoxy) is 1. The van der Waals surface area contributed by atoms with Gasteiger partial charge in [0.05, 0.1) is 31.5 Å². The monoisotopic (exact) mass is 454 g/mol. The molecule has 1 aliphatic carbocycles. The van der Waals surface area contributed by atoms with Crippen molar-refractivity contribution >= 4 is 21.9 Å². The van der Waals surface area contributed by atoms with Gasteiger partial charge in [-0.2, -0.15) is 0 Å². The number of fused-ring (bicyclic) bond motifs is 1. The molecule has 0 saturated heterocycles. The van der Waals surface area contributed by atoms with Crippen molar-refractivity contribution in [3.63, 3.8) is 0 Å². The third-order valence-corrected chi connectivity index (χ3v) is 5.85. The van der Waals surface area contributed by atoms with Crippen LogP contribution in [0.2, 0.25) is 0 Å². The second-order valence-corrected chi connectivity index (χ2v) is 9.25. The lowest BCUT2D eigenvalue weighted by molar-refractivity contribution is 0.145. The molecule has 2 atom stereocenters. The first-order valence-electron chi connectivity index (χ1n) is 8.62. The summed E-state index contributed by atoms with van der Waals surface area (Å²) in [5, 5.41) is 24.1. The Bertz CT molecular complexity index is 1000. The molecule has 0 fully saturated rings. The maximum Gasteiger partial charge on any atom is 0.319 e. The summed E-state index contributed by atoms with van der Waals surface area (Å²) in [4.78, 5) is 10.1. The number of anilines is 1. The third-order valence-electron chi connectivity index (χ3n) is 4.72. The number of halogens is 5. The summed E-state index contributed by atoms with van der Waals surface area (Å²) in [6.07, 6.45) is -0.771. The Morgan fingerprint density at radius 2 is 1.87 bits per heavy atom. The Kier molecular flexibility index (Phi) is 4.96. The number of benzene rings is 2. The average Bonchev–Trinajstić information content (AvgIpc) is 2.95. The van der Waals surface area contributed by atoms with Crippen molar-refractivity contribution in [1.29, 1.82) is 0 Å². The van der Waals surface area contributed by atoms with Gasteiger partial charge in [-0.15, -0.1) is 0 Å². The minimum atomic E-state index is -10.1. The molecule has 0 heterocycles. The van der Waals surface area contributed by atoms with Crippen LogP contribution < -0.4 is 15.4 Å². The maximum atomic E-state index is 13.3. The summed E-state index contributed by atoms with van der Waals surface area (Å²) in [6, 6.07) is 5.22. The zero-order chi connectivity index (χ0) is 22.4. The van der Waals surface area contributed by atoms with Gasteiger partial charge in [0.2, 0.25) is 0 Å². The van der Waals surface area contributed by atoms with Crippen LogP contribution in [-0.4, -0.2) is 29.4 Å². The molecule has 2 aromatic rings. The Labute approximate surface area is 168 Å². The predicted octanol–water partition coefficient (Wildman–Crippen LogP) is 4.62. The van der Waals surface area contributed by atoms with Gasteiger partial charge in [0, 0.05) is 5.56 Å². The highest BCUT2D eigenvalue weighted by Crippen LogP contribution is 3.02. The number of carbonyl (C=O) groups is 1. The van der Waals surface area contributed by atoms with Gasteiger partial charge in [-0.25, -0.2) is 4.79 Å². The standard InChI is InChI=1S/C18H19F5N2O4S/c1-29-17-11(9-26)6-12(30(19,20,21,22)23)8-15(17)25-18(28)24-14-7-10-4-2-3-5-13(10)16(14)27/h2-6,8,14,16,26-27H,7,9H2,1H3,(H2,24,25,28)/t14-,16+/m1/s1. The van der Waals surface area contributed by atoms with E-state index >= 15 is 0 Å². The van der Waals surface area contributed by atoms with Gasteiger partial charge in [0.25, 0.3) is 0 Å². The van der Waals surface area contributed by atoms with Crippen LogP contribution in [0.4, 0.5) is 29.9 Å². The molecule has 0 aliphatic heterocycles. The fourth-order valence-corrected chi connectivity index (χ4v) is 4.07. The predicted molar refractivity (Wildman–Crippen MR) is 101 cm³/mol. The summed E-state index contributed by atoms with van der Waals surface area (Å²) >= 11 is 0. The van der Waals surface area contributed by atoms with E-state index in [-0.39, 0.29) is 18.6 Å². The summed E-state index contributed by atoms with van der Waals surface area (Å²) < 4.78 is 71.2. The number of nitrogens with one attached hydrogen (secondary N) is 2. The lowest BCUT2D eigenvalue weighted by Crippen LogP contribution is -2.40. The first-order valence-corrected chi connectivity index (χ1v) is 10.6. The number of hydrogen-bond donors (Lipinski definition) is 4. The molecule has 12 heteroatoms. The fraction of sp³-hybridized carbons (Fsp3) is 0.278. The molecule has 0 spiro atoms. The highest BCUT2D eigenvalue weighted by molar-refractivity contribution is 8.45. The number of carbonyl (C=O) groups excluding carboxylic acids is 1. The molecule has 0 saturated carbocycles. The van der Waals surface area contributed by atoms with Crippen LogP contribution in [0.15, 0.2) is 41.3 Å². The van der Waals surface area contributed by atoms with Crippen molar-refractivity contribution in [2.24, 2.45) is 0 Å². The molecule has 3 rings (SSSR count). The van der Waals surface area contributed by atoms with E-state index in [4.69, 9.17) is 4.74 Å². The van der Waals surface area contributed by atoms with Crippen molar-refractivity contribution in [1.82, 2.24) is 5.32 Å². The van der Waals surface area contributed by atoms with E-state index in [1.165, 1.54) is 0 Å². The van der Waals surface area contributed by atoms with Gasteiger partial charge >= 0.3 is 16.3 Å². The second-order valence-electron chi connectivity index (χ2n) is 6.84. The first kappa shape index (κ1) is 22.1. The Balaban J connectivity index is 1.88. The van der Waals surface area contributed by atoms with Crippen LogP contribution in [0.3, 0.4) is 0 Å². The molecule has 0 bridgehead atoms. The molecule has 0 unspecified atom stereocenters. The average molecular weight is 454 g/mol. The number of aliphatic hydroxyl groups is 2. The molecule has 2 aromatic carbocycles. The minimum absolute atomic E-state index is 0.0545. The molecular formula is C18H19F5N2O4S. The first-order chi connectivity index (χ1) is 13.7. The van der Waals surface area contributed by atoms with Gasteiger partial charge in [0.1, 0.15) is 10.6 Å². The van der Waals surface area contributed by atoms with E-state index in [0.717, 1.165) is 12.7 Å². The minimum Gasteiger partial charge on any atom is -0.494 e. The van der Waals surface area contributed by atoms with E-state index in [9.17, 15) is 34.4 Å². The Hall–Kier alpha value is -2.57. The van der Waals surface area contributed by atoms with Gasteiger partial charge < -0.3 is 25.6 Å². The zero-order valence-electron chi connectivity index (χ0n) is 15.5. The van der Waals surface area contributed by atoms with E-state index in [1.807, 2.05) is 5.32 Å². The van der Waals surface area contributed by atoms with Gasteiger partial charge in [-0.05, 0) is 29.7 Å². The van der Waals surface area contributed by atoms with Gasteiger partial charge in [0.15, 0.2) is 0 Å². The number of amides is 2. The second kappa shape index (κ2) is 6.72. The molecule has 0 aromatic heterocycles. The Morgan fingerprint density at radius 1 is 1.20 bits per heavy atom. The number of hydrogen-bond acceptors (Lipinski definition) is 4. The quantitative estimate of drug-likeness (QED) is 0.496. The number of rotatable bonds is 5. The van der Waals surface area contributed by atoms with Gasteiger partial charge in [-0.3, -0.25) is 0 Å². The maximum absolute atomic E-state index is 13.3. The van der Waals surface area contributed by atoms with Crippen molar-refractivity contribution in [2.75, 3.05) is 12.4 Å². The van der Waals surface area contributed by atoms with Crippen LogP contribution in [0.5, 0.6) is 5.75 Å². The SMILES string of the molecule is COc1c(CO)cc(S(F)(F)(F)(F)F)cc1NC(=O)N[C@@H]1Cc2ccccc2[C@@H]1O. The van der Waals surface area contributed by atoms with Crippen LogP contribution in [0.1, 0.15) is 22.8 Å². The van der Waals surface area contributed by atoms with E-state index in [2.05, 4.69) is 5.32 Å². The smallest absolute Gasteiger partial charge is 0.319 e. The van der Waals surface area contributed by atoms with Crippen molar-refractivity contribution in [2.45, 2.75) is 30.1 Å². The van der Waals surface area contributed by atoms with Crippen LogP contribution in [0.25, 0.3) is 0 Å². The number of aliphatic hydroxyl groups excluding tert-OH is 2. The molecule has 6 nitrogen and oxygen atoms in total. The van der Waals surface area contributed by atoms with Crippen LogP contribution in [0, 0.1) is 0 Å². The highest BCUT2D eigenvalue weighted by Gasteiger charge is 2.65. The highest BCUT2D eigenvalue weighted by atomic mass is 32.5. The normalized spacial score (nSPS) is 20.7. The van der Waals surface area contributed by atoms with Crippen molar-refractivity contribution < 1.29 is 39.2 Å². The number of methoxy groups -OCH3 is 1. The van der Waals surface area contributed by atoms with E-state index in [0.29, 0.717) is 5.56 Å². The molecule has 2 amide bonds. The molecule has 4 N–H and O–H groups in total. The summed E-state index contributed by atoms with van der Waals surface area (Å²) in [7, 11) is -9.04. The molecule has 0 radical (unpaired) electrons. The fourth-order valence-electron chi connectivity index (χ4n) is 3.36. The Morgan fingerprint density at radius 3 is 2.43 bits per heavy atom. The molecular weight excluding hydrogens is 435 g/mol. The number of urea groups is 1. The van der Waals surface area contributed by atoms with E-state index < -0.39 is 56.9 Å². The van der Waals surface area contributed by atoms with E-state index in [1.54, 1.807) is 24.3 Å². The molecule has 166 valence electrons. The lowest BCUT2D eigenvalue weighted by atomic mass is 10.1. The summed E-state index contributed by atoms with van der Waals surface area (Å²) in [6.45, 7) is -1.03. The zero-order valence-corrected chi connectivity index (χ0v) is 16.4. The molecule has 1 aliphatic rings. The van der Waals surface area contributed by atoms with Crippen LogP contribution >= 0.6 is 10.2 Å². The topological polar surface area (TPSA) is 90.8 Å². The largest absolute Gasteiger partial charge is 0.494 e. The molecule has 30 heavy (non-hydrogen) atoms. The summed E-state index contributed by atoms with van der Waals surface area (Å²) in [5.74, 6) is -0.395. The van der Waals surface area contributed by atoms with Crippen molar-refractivity contribution in [3.05, 3.63) is 53.1 Å². The lowest BCUT2D eigenvalue weighted by Gasteiger charge is -2.41. The third kappa shape index (κ3) is 4.45. The van der Waals surface area contributed by atoms with Crippen LogP contribution in [-0.2, 0) is 13.0 Å². The summed E-state index contributed by atoms with van der Waals surface area (Å²) in [5.41, 5.74) is 0.117.